The molecule has 0 aliphatic heterocycles. The van der Waals surface area contributed by atoms with Crippen LogP contribution >= 0.6 is 27.5 Å². The number of halogens is 3. The highest BCUT2D eigenvalue weighted by atomic mass is 79.9. The molecule has 0 aliphatic rings. The van der Waals surface area contributed by atoms with Crippen molar-refractivity contribution in [2.75, 3.05) is 5.32 Å². The van der Waals surface area contributed by atoms with Gasteiger partial charge in [-0.3, -0.25) is 4.79 Å². The summed E-state index contributed by atoms with van der Waals surface area (Å²) in [6.07, 6.45) is 0. The molecule has 2 aromatic carbocycles. The number of carbonyl (C=O) groups excluding carboxylic acids is 1. The highest BCUT2D eigenvalue weighted by Gasteiger charge is 2.12. The van der Waals surface area contributed by atoms with Crippen molar-refractivity contribution >= 4 is 39.1 Å². The third-order valence-corrected chi connectivity index (χ3v) is 3.20. The van der Waals surface area contributed by atoms with E-state index in [1.54, 1.807) is 18.2 Å². The number of hydrogen-bond donors (Lipinski definition) is 2. The van der Waals surface area contributed by atoms with Crippen LogP contribution in [0.4, 0.5) is 10.1 Å². The number of nitrogens with one attached hydrogen (secondary N) is 1. The summed E-state index contributed by atoms with van der Waals surface area (Å²) in [6.45, 7) is 0. The van der Waals surface area contributed by atoms with E-state index in [4.69, 9.17) is 16.7 Å². The number of phenolic OH excluding ortho intramolecular Hbond substituents is 1. The van der Waals surface area contributed by atoms with E-state index in [9.17, 15) is 9.18 Å². The summed E-state index contributed by atoms with van der Waals surface area (Å²) < 4.78 is 13.8. The lowest BCUT2D eigenvalue weighted by Crippen LogP contribution is -2.12. The van der Waals surface area contributed by atoms with Crippen LogP contribution < -0.4 is 5.32 Å². The van der Waals surface area contributed by atoms with Crippen molar-refractivity contribution in [2.24, 2.45) is 0 Å². The van der Waals surface area contributed by atoms with E-state index in [0.29, 0.717) is 9.50 Å². The second-order valence-electron chi connectivity index (χ2n) is 3.74. The Morgan fingerprint density at radius 1 is 1.26 bits per heavy atom. The Morgan fingerprint density at radius 2 is 2.00 bits per heavy atom. The Balaban J connectivity index is 2.25. The van der Waals surface area contributed by atoms with Crippen molar-refractivity contribution in [3.8, 4) is 5.75 Å². The van der Waals surface area contributed by atoms with E-state index in [1.807, 2.05) is 0 Å². The SMILES string of the molecule is O=C(Nc1ccc(O)c(F)c1)c1cc(Br)ccc1Cl. The van der Waals surface area contributed by atoms with Crippen LogP contribution in [0.3, 0.4) is 0 Å². The molecule has 0 heterocycles. The number of hydrogen-bond acceptors (Lipinski definition) is 2. The number of anilines is 1. The topological polar surface area (TPSA) is 49.3 Å². The summed E-state index contributed by atoms with van der Waals surface area (Å²) in [4.78, 5) is 12.0. The highest BCUT2D eigenvalue weighted by Crippen LogP contribution is 2.23. The van der Waals surface area contributed by atoms with E-state index < -0.39 is 17.5 Å². The van der Waals surface area contributed by atoms with E-state index in [1.165, 1.54) is 6.07 Å². The lowest BCUT2D eigenvalue weighted by molar-refractivity contribution is 0.102. The largest absolute Gasteiger partial charge is 0.505 e. The number of benzene rings is 2. The molecule has 19 heavy (non-hydrogen) atoms. The number of rotatable bonds is 2. The molecule has 1 amide bonds. The maximum absolute atomic E-state index is 13.1. The van der Waals surface area contributed by atoms with Crippen molar-refractivity contribution in [3.63, 3.8) is 0 Å². The quantitative estimate of drug-likeness (QED) is 0.802. The van der Waals surface area contributed by atoms with Crippen LogP contribution in [0, 0.1) is 5.82 Å². The van der Waals surface area contributed by atoms with Crippen LogP contribution in [-0.4, -0.2) is 11.0 Å². The van der Waals surface area contributed by atoms with Crippen LogP contribution in [0.2, 0.25) is 5.02 Å². The minimum absolute atomic E-state index is 0.233. The predicted octanol–water partition coefficient (Wildman–Crippen LogP) is 4.20. The van der Waals surface area contributed by atoms with Gasteiger partial charge in [0.15, 0.2) is 11.6 Å². The Hall–Kier alpha value is -1.59. The first kappa shape index (κ1) is 13.8. The Bertz CT molecular complexity index is 649. The third kappa shape index (κ3) is 3.24. The molecule has 0 spiro atoms. The fourth-order valence-electron chi connectivity index (χ4n) is 1.45. The first-order valence-electron chi connectivity index (χ1n) is 5.22. The van der Waals surface area contributed by atoms with Gasteiger partial charge >= 0.3 is 0 Å². The monoisotopic (exact) mass is 343 g/mol. The van der Waals surface area contributed by atoms with Crippen molar-refractivity contribution in [3.05, 3.63) is 57.3 Å². The van der Waals surface area contributed by atoms with Crippen LogP contribution in [0.15, 0.2) is 40.9 Å². The molecule has 0 atom stereocenters. The molecule has 0 aromatic heterocycles. The third-order valence-electron chi connectivity index (χ3n) is 2.38. The number of phenols is 1. The smallest absolute Gasteiger partial charge is 0.257 e. The van der Waals surface area contributed by atoms with Crippen LogP contribution in [-0.2, 0) is 0 Å². The number of amides is 1. The van der Waals surface area contributed by atoms with Crippen molar-refractivity contribution in [1.29, 1.82) is 0 Å². The molecule has 3 nitrogen and oxygen atoms in total. The summed E-state index contributed by atoms with van der Waals surface area (Å²) in [6, 6.07) is 8.43. The molecule has 2 N–H and O–H groups in total. The lowest BCUT2D eigenvalue weighted by Gasteiger charge is -2.07. The van der Waals surface area contributed by atoms with Gasteiger partial charge < -0.3 is 10.4 Å². The van der Waals surface area contributed by atoms with Gasteiger partial charge in [-0.25, -0.2) is 4.39 Å². The molecule has 0 fully saturated rings. The van der Waals surface area contributed by atoms with Gasteiger partial charge in [-0.15, -0.1) is 0 Å². The second-order valence-corrected chi connectivity index (χ2v) is 5.07. The van der Waals surface area contributed by atoms with Gasteiger partial charge in [0.2, 0.25) is 0 Å². The molecule has 2 rings (SSSR count). The average Bonchev–Trinajstić information content (AvgIpc) is 2.36. The van der Waals surface area contributed by atoms with E-state index in [-0.39, 0.29) is 11.3 Å². The molecule has 0 saturated heterocycles. The Kier molecular flexibility index (Phi) is 4.07. The Morgan fingerprint density at radius 3 is 2.68 bits per heavy atom. The molecule has 6 heteroatoms. The van der Waals surface area contributed by atoms with Crippen LogP contribution in [0.25, 0.3) is 0 Å². The van der Waals surface area contributed by atoms with Gasteiger partial charge in [0.1, 0.15) is 0 Å². The van der Waals surface area contributed by atoms with Gasteiger partial charge in [0.25, 0.3) is 5.91 Å². The van der Waals surface area contributed by atoms with Crippen molar-refractivity contribution in [2.45, 2.75) is 0 Å². The summed E-state index contributed by atoms with van der Waals surface area (Å²) in [5.74, 6) is -1.74. The molecule has 0 aliphatic carbocycles. The fourth-order valence-corrected chi connectivity index (χ4v) is 2.02. The molecule has 0 bridgehead atoms. The first-order chi connectivity index (χ1) is 8.97. The first-order valence-corrected chi connectivity index (χ1v) is 6.39. The molecular weight excluding hydrogens is 337 g/mol. The molecule has 98 valence electrons. The van der Waals surface area contributed by atoms with Crippen LogP contribution in [0.1, 0.15) is 10.4 Å². The summed E-state index contributed by atoms with van der Waals surface area (Å²) in [5.41, 5.74) is 0.501. The molecule has 0 radical (unpaired) electrons. The lowest BCUT2D eigenvalue weighted by atomic mass is 10.2. The Labute approximate surface area is 122 Å². The fraction of sp³-hybridized carbons (Fsp3) is 0. The standard InChI is InChI=1S/C13H8BrClFNO2/c14-7-1-3-10(15)9(5-7)13(19)17-8-2-4-12(18)11(16)6-8/h1-6,18H,(H,17,19). The molecular formula is C13H8BrClFNO2. The minimum Gasteiger partial charge on any atom is -0.505 e. The van der Waals surface area contributed by atoms with Crippen LogP contribution in [0.5, 0.6) is 5.75 Å². The average molecular weight is 345 g/mol. The zero-order chi connectivity index (χ0) is 14.0. The second kappa shape index (κ2) is 5.59. The summed E-state index contributed by atoms with van der Waals surface area (Å²) >= 11 is 9.16. The summed E-state index contributed by atoms with van der Waals surface area (Å²) in [5, 5.41) is 11.9. The zero-order valence-electron chi connectivity index (χ0n) is 9.45. The van der Waals surface area contributed by atoms with Gasteiger partial charge in [-0.2, -0.15) is 0 Å². The molecule has 0 saturated carbocycles. The highest BCUT2D eigenvalue weighted by molar-refractivity contribution is 9.10. The normalized spacial score (nSPS) is 10.3. The van der Waals surface area contributed by atoms with Crippen molar-refractivity contribution in [1.82, 2.24) is 0 Å². The van der Waals surface area contributed by atoms with Gasteiger partial charge in [0, 0.05) is 16.2 Å². The molecule has 2 aromatic rings. The van der Waals surface area contributed by atoms with E-state index in [2.05, 4.69) is 21.2 Å². The predicted molar refractivity (Wildman–Crippen MR) is 75.2 cm³/mol. The number of aromatic hydroxyl groups is 1. The number of carbonyl (C=O) groups is 1. The van der Waals surface area contributed by atoms with E-state index >= 15 is 0 Å². The van der Waals surface area contributed by atoms with Crippen molar-refractivity contribution < 1.29 is 14.3 Å². The van der Waals surface area contributed by atoms with Gasteiger partial charge in [-0.05, 0) is 30.3 Å². The van der Waals surface area contributed by atoms with Gasteiger partial charge in [0.05, 0.1) is 10.6 Å². The van der Waals surface area contributed by atoms with E-state index in [0.717, 1.165) is 12.1 Å². The zero-order valence-corrected chi connectivity index (χ0v) is 11.8. The maximum atomic E-state index is 13.1. The maximum Gasteiger partial charge on any atom is 0.257 e. The summed E-state index contributed by atoms with van der Waals surface area (Å²) in [7, 11) is 0. The van der Waals surface area contributed by atoms with Gasteiger partial charge in [-0.1, -0.05) is 27.5 Å². The molecule has 0 unspecified atom stereocenters. The minimum atomic E-state index is -0.807.